The van der Waals surface area contributed by atoms with Gasteiger partial charge in [-0.3, -0.25) is 9.80 Å². The summed E-state index contributed by atoms with van der Waals surface area (Å²) in [6.07, 6.45) is 0. The van der Waals surface area contributed by atoms with Crippen molar-refractivity contribution in [2.45, 2.75) is 6.04 Å². The minimum Gasteiger partial charge on any atom is -0.300 e. The van der Waals surface area contributed by atoms with Crippen molar-refractivity contribution in [2.75, 3.05) is 26.2 Å². The van der Waals surface area contributed by atoms with Gasteiger partial charge in [-0.25, -0.2) is 0 Å². The second kappa shape index (κ2) is 6.61. The molecular weight excluding hydrogens is 280 g/mol. The molecule has 1 atom stereocenters. The van der Waals surface area contributed by atoms with Crippen LogP contribution in [0, 0.1) is 7.05 Å². The number of rotatable bonds is 3. The highest BCUT2D eigenvalue weighted by Gasteiger charge is 2.25. The maximum atomic E-state index is 6.04. The van der Waals surface area contributed by atoms with Gasteiger partial charge in [0.25, 0.3) is 0 Å². The lowest BCUT2D eigenvalue weighted by Crippen LogP contribution is -2.45. The molecule has 3 rings (SSSR count). The van der Waals surface area contributed by atoms with E-state index in [0.717, 1.165) is 31.2 Å². The Balaban J connectivity index is 1.93. The van der Waals surface area contributed by atoms with Crippen LogP contribution in [0.15, 0.2) is 54.6 Å². The van der Waals surface area contributed by atoms with Crippen LogP contribution < -0.4 is 0 Å². The highest BCUT2D eigenvalue weighted by molar-refractivity contribution is 6.30. The third kappa shape index (κ3) is 3.46. The van der Waals surface area contributed by atoms with Gasteiger partial charge in [0.1, 0.15) is 0 Å². The van der Waals surface area contributed by atoms with E-state index in [1.807, 2.05) is 12.1 Å². The normalized spacial score (nSPS) is 18.6. The van der Waals surface area contributed by atoms with Crippen LogP contribution in [0.1, 0.15) is 17.2 Å². The van der Waals surface area contributed by atoms with Gasteiger partial charge in [-0.1, -0.05) is 54.1 Å². The van der Waals surface area contributed by atoms with Gasteiger partial charge in [-0.15, -0.1) is 0 Å². The predicted molar refractivity (Wildman–Crippen MR) is 88.2 cm³/mol. The Bertz CT molecular complexity index is 560. The number of halogens is 1. The van der Waals surface area contributed by atoms with Gasteiger partial charge in [-0.2, -0.15) is 0 Å². The van der Waals surface area contributed by atoms with Gasteiger partial charge in [-0.05, 0) is 23.3 Å². The van der Waals surface area contributed by atoms with E-state index in [0.29, 0.717) is 0 Å². The molecule has 1 heterocycles. The van der Waals surface area contributed by atoms with Gasteiger partial charge < -0.3 is 0 Å². The molecule has 0 aromatic heterocycles. The Morgan fingerprint density at radius 3 is 2.00 bits per heavy atom. The second-order valence-corrected chi connectivity index (χ2v) is 5.96. The molecule has 1 unspecified atom stereocenters. The lowest BCUT2D eigenvalue weighted by molar-refractivity contribution is 0.137. The van der Waals surface area contributed by atoms with Crippen molar-refractivity contribution in [1.82, 2.24) is 9.80 Å². The monoisotopic (exact) mass is 299 g/mol. The fourth-order valence-corrected chi connectivity index (χ4v) is 3.04. The number of benzene rings is 2. The summed E-state index contributed by atoms with van der Waals surface area (Å²) in [6.45, 7) is 4.09. The number of piperazine rings is 1. The minimum atomic E-state index is 0.289. The SMILES string of the molecule is [CH2]N1CCN(C(c2ccccc2)c2ccc(Cl)cc2)CC1. The molecule has 0 bridgehead atoms. The molecule has 0 spiro atoms. The van der Waals surface area contributed by atoms with E-state index in [4.69, 9.17) is 11.6 Å². The van der Waals surface area contributed by atoms with Crippen LogP contribution in [0.4, 0.5) is 0 Å². The first-order valence-electron chi connectivity index (χ1n) is 7.34. The molecule has 3 heteroatoms. The van der Waals surface area contributed by atoms with Gasteiger partial charge in [0.15, 0.2) is 0 Å². The van der Waals surface area contributed by atoms with Crippen LogP contribution in [0.2, 0.25) is 5.02 Å². The summed E-state index contributed by atoms with van der Waals surface area (Å²) in [5, 5.41) is 0.785. The highest BCUT2D eigenvalue weighted by atomic mass is 35.5. The number of hydrogen-bond donors (Lipinski definition) is 0. The highest BCUT2D eigenvalue weighted by Crippen LogP contribution is 2.30. The third-order valence-corrected chi connectivity index (χ3v) is 4.33. The largest absolute Gasteiger partial charge is 0.300 e. The second-order valence-electron chi connectivity index (χ2n) is 5.52. The summed E-state index contributed by atoms with van der Waals surface area (Å²) in [6, 6.07) is 19.2. The first-order valence-corrected chi connectivity index (χ1v) is 7.72. The van der Waals surface area contributed by atoms with E-state index < -0.39 is 0 Å². The van der Waals surface area contributed by atoms with E-state index in [2.05, 4.69) is 59.3 Å². The smallest absolute Gasteiger partial charge is 0.0602 e. The number of hydrogen-bond acceptors (Lipinski definition) is 2. The fraction of sp³-hybridized carbons (Fsp3) is 0.278. The first-order chi connectivity index (χ1) is 10.2. The Kier molecular flexibility index (Phi) is 4.59. The van der Waals surface area contributed by atoms with Gasteiger partial charge in [0.05, 0.1) is 6.04 Å². The molecule has 2 aromatic rings. The molecular formula is C18H20ClN2. The average molecular weight is 300 g/mol. The Hall–Kier alpha value is -1.35. The minimum absolute atomic E-state index is 0.289. The van der Waals surface area contributed by atoms with E-state index in [-0.39, 0.29) is 6.04 Å². The van der Waals surface area contributed by atoms with Crippen molar-refractivity contribution < 1.29 is 0 Å². The van der Waals surface area contributed by atoms with Crippen molar-refractivity contribution in [3.8, 4) is 0 Å². The number of nitrogens with zero attached hydrogens (tertiary/aromatic N) is 2. The summed E-state index contributed by atoms with van der Waals surface area (Å²) < 4.78 is 0. The first kappa shape index (κ1) is 14.6. The molecule has 1 saturated heterocycles. The summed E-state index contributed by atoms with van der Waals surface area (Å²) in [4.78, 5) is 4.67. The van der Waals surface area contributed by atoms with Crippen LogP contribution in [0.5, 0.6) is 0 Å². The zero-order valence-corrected chi connectivity index (χ0v) is 12.8. The Labute approximate surface area is 131 Å². The van der Waals surface area contributed by atoms with Crippen molar-refractivity contribution in [3.63, 3.8) is 0 Å². The molecule has 109 valence electrons. The van der Waals surface area contributed by atoms with Crippen molar-refractivity contribution in [1.29, 1.82) is 0 Å². The molecule has 0 amide bonds. The molecule has 0 aliphatic carbocycles. The molecule has 1 radical (unpaired) electrons. The van der Waals surface area contributed by atoms with Gasteiger partial charge in [0, 0.05) is 38.2 Å². The zero-order chi connectivity index (χ0) is 14.7. The van der Waals surface area contributed by atoms with E-state index in [9.17, 15) is 0 Å². The lowest BCUT2D eigenvalue weighted by atomic mass is 9.96. The molecule has 2 nitrogen and oxygen atoms in total. The molecule has 1 aliphatic heterocycles. The third-order valence-electron chi connectivity index (χ3n) is 4.07. The lowest BCUT2D eigenvalue weighted by Gasteiger charge is -2.38. The molecule has 1 aliphatic rings. The summed E-state index contributed by atoms with van der Waals surface area (Å²) in [5.74, 6) is 0. The van der Waals surface area contributed by atoms with Crippen molar-refractivity contribution in [3.05, 3.63) is 77.8 Å². The summed E-state index contributed by atoms with van der Waals surface area (Å²) >= 11 is 6.04. The quantitative estimate of drug-likeness (QED) is 0.850. The summed E-state index contributed by atoms with van der Waals surface area (Å²) in [5.41, 5.74) is 2.63. The van der Waals surface area contributed by atoms with E-state index in [1.54, 1.807) is 0 Å². The van der Waals surface area contributed by atoms with E-state index >= 15 is 0 Å². The fourth-order valence-electron chi connectivity index (χ4n) is 2.92. The van der Waals surface area contributed by atoms with Crippen molar-refractivity contribution >= 4 is 11.6 Å². The maximum Gasteiger partial charge on any atom is 0.0602 e. The van der Waals surface area contributed by atoms with Crippen LogP contribution >= 0.6 is 11.6 Å². The molecule has 0 saturated carbocycles. The molecule has 2 aromatic carbocycles. The standard InChI is InChI=1S/C18H20ClN2/c1-20-11-13-21(14-12-20)18(15-5-3-2-4-6-15)16-7-9-17(19)10-8-16/h2-10,18H,1,11-14H2. The Morgan fingerprint density at radius 1 is 0.810 bits per heavy atom. The van der Waals surface area contributed by atoms with Crippen LogP contribution in [0.25, 0.3) is 0 Å². The van der Waals surface area contributed by atoms with Gasteiger partial charge >= 0.3 is 0 Å². The Morgan fingerprint density at radius 2 is 1.38 bits per heavy atom. The van der Waals surface area contributed by atoms with Crippen LogP contribution in [0.3, 0.4) is 0 Å². The van der Waals surface area contributed by atoms with Crippen molar-refractivity contribution in [2.24, 2.45) is 0 Å². The predicted octanol–water partition coefficient (Wildman–Crippen LogP) is 3.84. The average Bonchev–Trinajstić information content (AvgIpc) is 2.52. The van der Waals surface area contributed by atoms with Crippen LogP contribution in [-0.4, -0.2) is 36.0 Å². The zero-order valence-electron chi connectivity index (χ0n) is 12.1. The van der Waals surface area contributed by atoms with Crippen LogP contribution in [-0.2, 0) is 0 Å². The maximum absolute atomic E-state index is 6.04. The molecule has 1 fully saturated rings. The topological polar surface area (TPSA) is 6.48 Å². The molecule has 0 N–H and O–H groups in total. The van der Waals surface area contributed by atoms with E-state index in [1.165, 1.54) is 11.1 Å². The summed E-state index contributed by atoms with van der Waals surface area (Å²) in [7, 11) is 4.04. The molecule has 21 heavy (non-hydrogen) atoms. The van der Waals surface area contributed by atoms with Gasteiger partial charge in [0.2, 0.25) is 0 Å².